The van der Waals surface area contributed by atoms with Crippen LogP contribution in [-0.4, -0.2) is 35.7 Å². The molecular weight excluding hydrogens is 389 g/mol. The Morgan fingerprint density at radius 1 is 0.967 bits per heavy atom. The minimum Gasteiger partial charge on any atom is -0.463 e. The quantitative estimate of drug-likeness (QED) is 0.412. The van der Waals surface area contributed by atoms with Gasteiger partial charge < -0.3 is 14.8 Å². The number of alkyl carbamates (subject to hydrolysis) is 1. The third-order valence-electron chi connectivity index (χ3n) is 4.13. The topological polar surface area (TPSA) is 81.7 Å². The van der Waals surface area contributed by atoms with Crippen LogP contribution in [0.3, 0.4) is 0 Å². The average Bonchev–Trinajstić information content (AvgIpc) is 2.71. The summed E-state index contributed by atoms with van der Waals surface area (Å²) < 4.78 is 26.6. The Bertz CT molecular complexity index is 879. The summed E-state index contributed by atoms with van der Waals surface area (Å²) in [6.07, 6.45) is -0.969. The van der Waals surface area contributed by atoms with Crippen molar-refractivity contribution >= 4 is 17.8 Å². The van der Waals surface area contributed by atoms with Crippen LogP contribution in [-0.2, 0) is 14.3 Å². The summed E-state index contributed by atoms with van der Waals surface area (Å²) in [5.74, 6) is -2.50. The molecule has 2 rings (SSSR count). The van der Waals surface area contributed by atoms with Gasteiger partial charge in [-0.05, 0) is 33.3 Å². The Balaban J connectivity index is 2.58. The number of halogens is 1. The minimum atomic E-state index is -3.21. The van der Waals surface area contributed by atoms with E-state index in [0.717, 1.165) is 0 Å². The number of ketones is 1. The zero-order chi connectivity index (χ0) is 22.4. The van der Waals surface area contributed by atoms with Crippen LogP contribution in [0.25, 0.3) is 0 Å². The van der Waals surface area contributed by atoms with Gasteiger partial charge in [-0.15, -0.1) is 0 Å². The second kappa shape index (κ2) is 9.52. The molecule has 0 saturated carbocycles. The lowest BCUT2D eigenvalue weighted by molar-refractivity contribution is -0.155. The highest BCUT2D eigenvalue weighted by molar-refractivity contribution is 6.16. The largest absolute Gasteiger partial charge is 0.463 e. The van der Waals surface area contributed by atoms with Gasteiger partial charge in [0.05, 0.1) is 6.61 Å². The van der Waals surface area contributed by atoms with E-state index in [1.54, 1.807) is 57.2 Å². The first-order valence-electron chi connectivity index (χ1n) is 9.60. The van der Waals surface area contributed by atoms with E-state index in [1.807, 2.05) is 0 Å². The molecule has 0 heterocycles. The van der Waals surface area contributed by atoms with E-state index < -0.39 is 35.2 Å². The molecule has 0 aromatic heterocycles. The van der Waals surface area contributed by atoms with Crippen molar-refractivity contribution in [3.8, 4) is 0 Å². The number of Topliss-reactive ketones (excluding diaryl/α,β-unsaturated/α-hetero) is 1. The molecule has 0 saturated heterocycles. The zero-order valence-corrected chi connectivity index (χ0v) is 17.5. The molecule has 160 valence electrons. The molecule has 1 N–H and O–H groups in total. The molecule has 30 heavy (non-hydrogen) atoms. The monoisotopic (exact) mass is 415 g/mol. The van der Waals surface area contributed by atoms with Crippen molar-refractivity contribution < 1.29 is 28.2 Å². The van der Waals surface area contributed by atoms with E-state index in [1.165, 1.54) is 31.2 Å². The van der Waals surface area contributed by atoms with Gasteiger partial charge in [0.25, 0.3) is 5.67 Å². The van der Waals surface area contributed by atoms with E-state index in [-0.39, 0.29) is 17.7 Å². The molecule has 0 radical (unpaired) electrons. The van der Waals surface area contributed by atoms with Crippen LogP contribution in [0.4, 0.5) is 9.18 Å². The van der Waals surface area contributed by atoms with E-state index in [0.29, 0.717) is 0 Å². The van der Waals surface area contributed by atoms with Gasteiger partial charge in [0.1, 0.15) is 11.6 Å². The normalized spacial score (nSPS) is 14.2. The van der Waals surface area contributed by atoms with Gasteiger partial charge in [0.15, 0.2) is 0 Å². The molecule has 0 spiro atoms. The Morgan fingerprint density at radius 3 is 2.00 bits per heavy atom. The van der Waals surface area contributed by atoms with E-state index in [4.69, 9.17) is 9.47 Å². The Hall–Kier alpha value is -3.22. The van der Waals surface area contributed by atoms with E-state index in [9.17, 15) is 14.4 Å². The van der Waals surface area contributed by atoms with Gasteiger partial charge >= 0.3 is 12.1 Å². The van der Waals surface area contributed by atoms with Gasteiger partial charge in [-0.25, -0.2) is 14.0 Å². The van der Waals surface area contributed by atoms with Gasteiger partial charge in [-0.1, -0.05) is 60.7 Å². The fraction of sp³-hybridized carbons (Fsp3) is 0.348. The predicted octanol–water partition coefficient (Wildman–Crippen LogP) is 4.41. The van der Waals surface area contributed by atoms with Crippen LogP contribution in [0.2, 0.25) is 0 Å². The lowest BCUT2D eigenvalue weighted by Crippen LogP contribution is -2.55. The number of ether oxygens (including phenoxy) is 2. The van der Waals surface area contributed by atoms with Gasteiger partial charge in [-0.3, -0.25) is 4.79 Å². The maximum Gasteiger partial charge on any atom is 0.408 e. The fourth-order valence-corrected chi connectivity index (χ4v) is 2.86. The number of carbonyl (C=O) groups is 3. The molecule has 0 aliphatic carbocycles. The van der Waals surface area contributed by atoms with E-state index in [2.05, 4.69) is 5.32 Å². The summed E-state index contributed by atoms with van der Waals surface area (Å²) in [5.41, 5.74) is -3.89. The van der Waals surface area contributed by atoms with Crippen molar-refractivity contribution in [2.45, 2.75) is 45.0 Å². The van der Waals surface area contributed by atoms with Gasteiger partial charge in [0.2, 0.25) is 5.78 Å². The SMILES string of the molecule is CCOC(=O)[C@@](F)(C(=O)c1ccccc1)[C@@H](NC(=O)OC(C)(C)C)c1ccccc1. The molecule has 0 bridgehead atoms. The summed E-state index contributed by atoms with van der Waals surface area (Å²) in [6.45, 7) is 6.30. The maximum atomic E-state index is 16.5. The molecule has 0 fully saturated rings. The van der Waals surface area contributed by atoms with Crippen LogP contribution in [0.1, 0.15) is 49.7 Å². The molecule has 0 unspecified atom stereocenters. The predicted molar refractivity (Wildman–Crippen MR) is 110 cm³/mol. The fourth-order valence-electron chi connectivity index (χ4n) is 2.86. The molecule has 1 amide bonds. The molecule has 0 aliphatic rings. The third kappa shape index (κ3) is 5.43. The molecule has 2 aromatic carbocycles. The molecule has 2 atom stereocenters. The Morgan fingerprint density at radius 2 is 1.50 bits per heavy atom. The number of rotatable bonds is 7. The van der Waals surface area contributed by atoms with Crippen LogP contribution >= 0.6 is 0 Å². The van der Waals surface area contributed by atoms with E-state index >= 15 is 4.39 Å². The second-order valence-corrected chi connectivity index (χ2v) is 7.62. The highest BCUT2D eigenvalue weighted by atomic mass is 19.1. The van der Waals surface area contributed by atoms with Crippen molar-refractivity contribution in [3.05, 3.63) is 71.8 Å². The summed E-state index contributed by atoms with van der Waals surface area (Å²) >= 11 is 0. The zero-order valence-electron chi connectivity index (χ0n) is 17.5. The average molecular weight is 415 g/mol. The highest BCUT2D eigenvalue weighted by Gasteiger charge is 2.56. The molecule has 6 nitrogen and oxygen atoms in total. The summed E-state index contributed by atoms with van der Waals surface area (Å²) in [4.78, 5) is 38.4. The maximum absolute atomic E-state index is 16.5. The number of alkyl halides is 1. The highest BCUT2D eigenvalue weighted by Crippen LogP contribution is 2.35. The summed E-state index contributed by atoms with van der Waals surface area (Å²) in [6, 6.07) is 13.8. The number of nitrogens with one attached hydrogen (secondary N) is 1. The number of amides is 1. The Labute approximate surface area is 175 Å². The first-order valence-corrected chi connectivity index (χ1v) is 9.60. The number of hydrogen-bond donors (Lipinski definition) is 1. The second-order valence-electron chi connectivity index (χ2n) is 7.62. The number of esters is 1. The van der Waals surface area contributed by atoms with Gasteiger partial charge in [-0.2, -0.15) is 0 Å². The number of benzene rings is 2. The molecule has 2 aromatic rings. The van der Waals surface area contributed by atoms with Crippen LogP contribution in [0.15, 0.2) is 60.7 Å². The first kappa shape index (κ1) is 23.1. The molecule has 0 aliphatic heterocycles. The molecular formula is C23H26FNO5. The van der Waals surface area contributed by atoms with Crippen molar-refractivity contribution in [2.75, 3.05) is 6.61 Å². The smallest absolute Gasteiger partial charge is 0.408 e. The summed E-state index contributed by atoms with van der Waals surface area (Å²) in [5, 5.41) is 2.36. The van der Waals surface area contributed by atoms with Gasteiger partial charge in [0, 0.05) is 5.56 Å². The third-order valence-corrected chi connectivity index (χ3v) is 4.13. The van der Waals surface area contributed by atoms with Crippen LogP contribution < -0.4 is 5.32 Å². The minimum absolute atomic E-state index is 0.0278. The number of hydrogen-bond acceptors (Lipinski definition) is 5. The first-order chi connectivity index (χ1) is 14.1. The Kier molecular flexibility index (Phi) is 7.32. The van der Waals surface area contributed by atoms with Crippen molar-refractivity contribution in [2.24, 2.45) is 0 Å². The van der Waals surface area contributed by atoms with Crippen molar-refractivity contribution in [1.29, 1.82) is 0 Å². The summed E-state index contributed by atoms with van der Waals surface area (Å²) in [7, 11) is 0. The van der Waals surface area contributed by atoms with Crippen LogP contribution in [0.5, 0.6) is 0 Å². The lowest BCUT2D eigenvalue weighted by atomic mass is 9.83. The standard InChI is InChI=1S/C23H26FNO5/c1-5-29-20(27)23(24,19(26)17-14-10-7-11-15-17)18(16-12-8-6-9-13-16)25-21(28)30-22(2,3)4/h6-15,18H,5H2,1-4H3,(H,25,28)/t18-,23-/m0/s1. The van der Waals surface area contributed by atoms with Crippen LogP contribution in [0, 0.1) is 0 Å². The molecule has 7 heteroatoms. The van der Waals surface area contributed by atoms with Crippen molar-refractivity contribution in [1.82, 2.24) is 5.32 Å². The lowest BCUT2D eigenvalue weighted by Gasteiger charge is -2.32. The number of carbonyl (C=O) groups excluding carboxylic acids is 3. The van der Waals surface area contributed by atoms with Crippen molar-refractivity contribution in [3.63, 3.8) is 0 Å².